The molecule has 0 radical (unpaired) electrons. The van der Waals surface area contributed by atoms with Gasteiger partial charge in [-0.3, -0.25) is 0 Å². The van der Waals surface area contributed by atoms with E-state index in [1.807, 2.05) is 0 Å². The van der Waals surface area contributed by atoms with Crippen LogP contribution in [-0.4, -0.2) is 28.7 Å². The summed E-state index contributed by atoms with van der Waals surface area (Å²) in [4.78, 5) is 0. The summed E-state index contributed by atoms with van der Waals surface area (Å²) < 4.78 is 0.273. The number of benzene rings is 2. The van der Waals surface area contributed by atoms with Crippen molar-refractivity contribution in [1.82, 2.24) is 5.32 Å². The molecule has 2 aromatic carbocycles. The minimum atomic E-state index is -0.369. The van der Waals surface area contributed by atoms with Crippen LogP contribution in [0.1, 0.15) is 47.5 Å². The van der Waals surface area contributed by atoms with E-state index in [9.17, 15) is 0 Å². The summed E-state index contributed by atoms with van der Waals surface area (Å²) >= 11 is 2.10. The maximum atomic E-state index is 3.89. The van der Waals surface area contributed by atoms with Crippen molar-refractivity contribution in [3.05, 3.63) is 60.7 Å². The first-order valence-electron chi connectivity index (χ1n) is 10.1. The van der Waals surface area contributed by atoms with Crippen LogP contribution in [0.5, 0.6) is 0 Å². The highest BCUT2D eigenvalue weighted by molar-refractivity contribution is 8.00. The zero-order chi connectivity index (χ0) is 19.8. The van der Waals surface area contributed by atoms with Gasteiger partial charge in [0.2, 0.25) is 0 Å². The molecule has 0 saturated carbocycles. The highest BCUT2D eigenvalue weighted by Gasteiger charge is 2.28. The highest BCUT2D eigenvalue weighted by Crippen LogP contribution is 2.37. The van der Waals surface area contributed by atoms with Crippen molar-refractivity contribution >= 4 is 30.3 Å². The molecule has 0 aromatic heterocycles. The number of rotatable bonds is 11. The smallest absolute Gasteiger partial charge is 0.0228 e. The molecule has 0 aliphatic heterocycles. The van der Waals surface area contributed by atoms with Crippen LogP contribution in [0.15, 0.2) is 60.7 Å². The Balaban J connectivity index is 2.07. The minimum absolute atomic E-state index is 0.0972. The summed E-state index contributed by atoms with van der Waals surface area (Å²) in [6, 6.07) is 22.1. The monoisotopic (exact) mass is 401 g/mol. The molecule has 0 amide bonds. The topological polar surface area (TPSA) is 12.0 Å². The predicted octanol–water partition coefficient (Wildman–Crippen LogP) is 5.80. The summed E-state index contributed by atoms with van der Waals surface area (Å²) in [7, 11) is -0.369. The quantitative estimate of drug-likeness (QED) is 0.377. The van der Waals surface area contributed by atoms with Gasteiger partial charge in [0.25, 0.3) is 0 Å². The van der Waals surface area contributed by atoms with Crippen molar-refractivity contribution in [1.29, 1.82) is 0 Å². The molecule has 0 spiro atoms. The van der Waals surface area contributed by atoms with Crippen LogP contribution < -0.4 is 15.9 Å². The number of nitrogens with one attached hydrogen (secondary N) is 1. The van der Waals surface area contributed by atoms with Gasteiger partial charge in [0, 0.05) is 16.8 Å². The molecule has 1 N–H and O–H groups in total. The van der Waals surface area contributed by atoms with Gasteiger partial charge in [-0.05, 0) is 64.6 Å². The molecular formula is C24H36NPS. The van der Waals surface area contributed by atoms with Crippen LogP contribution in [0.4, 0.5) is 0 Å². The number of unbranched alkanes of at least 4 members (excludes halogenated alkanes) is 1. The molecule has 0 fully saturated rings. The van der Waals surface area contributed by atoms with Crippen molar-refractivity contribution in [2.45, 2.75) is 57.7 Å². The Morgan fingerprint density at radius 1 is 0.852 bits per heavy atom. The van der Waals surface area contributed by atoms with Gasteiger partial charge >= 0.3 is 0 Å². The Kier molecular flexibility index (Phi) is 8.86. The second kappa shape index (κ2) is 10.6. The fourth-order valence-electron chi connectivity index (χ4n) is 2.99. The SMILES string of the molecule is CCCCSC(C)(C)CNC(C)(C)CP(c1ccccc1)c1ccccc1. The summed E-state index contributed by atoms with van der Waals surface area (Å²) in [5.74, 6) is 1.26. The molecule has 0 aliphatic rings. The third-order valence-corrected chi connectivity index (χ3v) is 9.04. The second-order valence-electron chi connectivity index (χ2n) is 8.46. The van der Waals surface area contributed by atoms with Crippen molar-refractivity contribution in [2.24, 2.45) is 0 Å². The van der Waals surface area contributed by atoms with Crippen molar-refractivity contribution in [3.63, 3.8) is 0 Å². The molecular weight excluding hydrogens is 365 g/mol. The normalized spacial score (nSPS) is 12.5. The summed E-state index contributed by atoms with van der Waals surface area (Å²) in [5, 5.41) is 6.82. The lowest BCUT2D eigenvalue weighted by molar-refractivity contribution is 0.411. The van der Waals surface area contributed by atoms with Gasteiger partial charge < -0.3 is 5.32 Å². The molecule has 0 unspecified atom stereocenters. The van der Waals surface area contributed by atoms with Gasteiger partial charge in [-0.2, -0.15) is 11.8 Å². The van der Waals surface area contributed by atoms with Gasteiger partial charge in [-0.15, -0.1) is 0 Å². The van der Waals surface area contributed by atoms with Crippen LogP contribution in [0, 0.1) is 0 Å². The van der Waals surface area contributed by atoms with E-state index in [1.54, 1.807) is 0 Å². The molecule has 148 valence electrons. The lowest BCUT2D eigenvalue weighted by Gasteiger charge is -2.35. The average molecular weight is 402 g/mol. The summed E-state index contributed by atoms with van der Waals surface area (Å²) in [6.07, 6.45) is 3.73. The molecule has 27 heavy (non-hydrogen) atoms. The lowest BCUT2D eigenvalue weighted by Crippen LogP contribution is -2.48. The van der Waals surface area contributed by atoms with Crippen LogP contribution in [-0.2, 0) is 0 Å². The first-order valence-corrected chi connectivity index (χ1v) is 12.6. The van der Waals surface area contributed by atoms with Crippen LogP contribution in [0.2, 0.25) is 0 Å². The number of hydrogen-bond acceptors (Lipinski definition) is 2. The lowest BCUT2D eigenvalue weighted by atomic mass is 10.1. The minimum Gasteiger partial charge on any atom is -0.310 e. The van der Waals surface area contributed by atoms with E-state index in [0.717, 1.165) is 12.7 Å². The standard InChI is InChI=1S/C24H36NPS/c1-6-7-18-27-24(4,5)19-25-23(2,3)20-26(21-14-10-8-11-15-21)22-16-12-9-13-17-22/h8-17,25H,6-7,18-20H2,1-5H3. The van der Waals surface area contributed by atoms with E-state index < -0.39 is 0 Å². The van der Waals surface area contributed by atoms with Gasteiger partial charge in [-0.25, -0.2) is 0 Å². The number of thioether (sulfide) groups is 1. The van der Waals surface area contributed by atoms with E-state index in [1.165, 1.54) is 29.2 Å². The Morgan fingerprint density at radius 2 is 1.37 bits per heavy atom. The predicted molar refractivity (Wildman–Crippen MR) is 127 cm³/mol. The first-order chi connectivity index (χ1) is 12.8. The molecule has 0 bridgehead atoms. The molecule has 0 atom stereocenters. The Hall–Kier alpha value is -0.820. The van der Waals surface area contributed by atoms with E-state index in [-0.39, 0.29) is 18.2 Å². The van der Waals surface area contributed by atoms with Crippen molar-refractivity contribution in [3.8, 4) is 0 Å². The fraction of sp³-hybridized carbons (Fsp3) is 0.500. The average Bonchev–Trinajstić information content (AvgIpc) is 2.66. The van der Waals surface area contributed by atoms with Crippen LogP contribution >= 0.6 is 19.7 Å². The third kappa shape index (κ3) is 7.98. The Bertz CT molecular complexity index is 615. The van der Waals surface area contributed by atoms with Crippen molar-refractivity contribution < 1.29 is 0 Å². The molecule has 1 nitrogen and oxygen atoms in total. The van der Waals surface area contributed by atoms with E-state index in [0.29, 0.717) is 0 Å². The molecule has 0 heterocycles. The second-order valence-corrected chi connectivity index (χ2v) is 12.5. The number of hydrogen-bond donors (Lipinski definition) is 1. The molecule has 0 aliphatic carbocycles. The van der Waals surface area contributed by atoms with Gasteiger partial charge in [-0.1, -0.05) is 74.0 Å². The zero-order valence-corrected chi connectivity index (χ0v) is 19.4. The Morgan fingerprint density at radius 3 is 1.85 bits per heavy atom. The van der Waals surface area contributed by atoms with Crippen LogP contribution in [0.25, 0.3) is 0 Å². The maximum absolute atomic E-state index is 3.89. The van der Waals surface area contributed by atoms with E-state index in [2.05, 4.69) is 112 Å². The first kappa shape index (κ1) is 22.5. The molecule has 2 aromatic rings. The summed E-state index contributed by atoms with van der Waals surface area (Å²) in [6.45, 7) is 12.8. The maximum Gasteiger partial charge on any atom is 0.0228 e. The molecule has 2 rings (SSSR count). The third-order valence-electron chi connectivity index (χ3n) is 4.67. The highest BCUT2D eigenvalue weighted by atomic mass is 32.2. The largest absolute Gasteiger partial charge is 0.310 e. The summed E-state index contributed by atoms with van der Waals surface area (Å²) in [5.41, 5.74) is 0.0972. The van der Waals surface area contributed by atoms with Crippen LogP contribution in [0.3, 0.4) is 0 Å². The van der Waals surface area contributed by atoms with Gasteiger partial charge in [0.05, 0.1) is 0 Å². The zero-order valence-electron chi connectivity index (χ0n) is 17.7. The molecule has 3 heteroatoms. The van der Waals surface area contributed by atoms with Crippen molar-refractivity contribution in [2.75, 3.05) is 18.5 Å². The van der Waals surface area contributed by atoms with E-state index >= 15 is 0 Å². The Labute approximate surface area is 172 Å². The van der Waals surface area contributed by atoms with Gasteiger partial charge in [0.1, 0.15) is 0 Å². The molecule has 0 saturated heterocycles. The van der Waals surface area contributed by atoms with E-state index in [4.69, 9.17) is 0 Å². The van der Waals surface area contributed by atoms with Gasteiger partial charge in [0.15, 0.2) is 0 Å². The fourth-order valence-corrected chi connectivity index (χ4v) is 6.78.